The van der Waals surface area contributed by atoms with E-state index >= 15 is 0 Å². The molecule has 1 saturated carbocycles. The van der Waals surface area contributed by atoms with E-state index < -0.39 is 36.6 Å². The van der Waals surface area contributed by atoms with Gasteiger partial charge >= 0.3 is 5.97 Å². The number of pyridine rings is 1. The van der Waals surface area contributed by atoms with Gasteiger partial charge in [0.1, 0.15) is 17.0 Å². The van der Waals surface area contributed by atoms with Gasteiger partial charge in [0.2, 0.25) is 5.88 Å². The molecule has 0 aromatic carbocycles. The van der Waals surface area contributed by atoms with E-state index in [-0.39, 0.29) is 29.9 Å². The first-order chi connectivity index (χ1) is 15.3. The minimum Gasteiger partial charge on any atom is -0.476 e. The van der Waals surface area contributed by atoms with Gasteiger partial charge in [-0.1, -0.05) is 13.8 Å². The number of esters is 1. The third-order valence-corrected chi connectivity index (χ3v) is 5.33. The average Bonchev–Trinajstić information content (AvgIpc) is 3.46. The number of halogens is 2. The number of aromatic nitrogens is 1. The molecule has 1 unspecified atom stereocenters. The minimum atomic E-state index is -2.73. The highest BCUT2D eigenvalue weighted by molar-refractivity contribution is 5.93. The van der Waals surface area contributed by atoms with Crippen molar-refractivity contribution in [1.82, 2.24) is 10.3 Å². The molecule has 0 bridgehead atoms. The van der Waals surface area contributed by atoms with E-state index in [0.717, 1.165) is 12.8 Å². The normalized spacial score (nSPS) is 18.5. The van der Waals surface area contributed by atoms with Gasteiger partial charge in [-0.15, -0.1) is 0 Å². The molecule has 1 saturated heterocycles. The molecule has 7 nitrogen and oxygen atoms in total. The summed E-state index contributed by atoms with van der Waals surface area (Å²) in [6.45, 7) is 9.06. The molecule has 0 spiro atoms. The highest BCUT2D eigenvalue weighted by Crippen LogP contribution is 2.38. The van der Waals surface area contributed by atoms with Crippen molar-refractivity contribution in [3.05, 3.63) is 17.8 Å². The number of alkyl halides is 2. The summed E-state index contributed by atoms with van der Waals surface area (Å²) in [4.78, 5) is 31.1. The van der Waals surface area contributed by atoms with E-state index in [1.807, 2.05) is 13.8 Å². The van der Waals surface area contributed by atoms with Crippen LogP contribution in [0.15, 0.2) is 12.1 Å². The van der Waals surface area contributed by atoms with E-state index in [2.05, 4.69) is 10.3 Å². The largest absolute Gasteiger partial charge is 0.476 e. The number of carbonyl (C=O) groups excluding carboxylic acids is 2. The summed E-state index contributed by atoms with van der Waals surface area (Å²) >= 11 is 0. The maximum absolute atomic E-state index is 13.4. The number of hydrogen-bond acceptors (Lipinski definition) is 6. The van der Waals surface area contributed by atoms with Crippen molar-refractivity contribution < 1.29 is 27.8 Å². The predicted octanol–water partition coefficient (Wildman–Crippen LogP) is 4.20. The van der Waals surface area contributed by atoms with E-state index in [9.17, 15) is 18.4 Å². The van der Waals surface area contributed by atoms with Gasteiger partial charge in [0.15, 0.2) is 0 Å². The van der Waals surface area contributed by atoms with Crippen LogP contribution in [-0.2, 0) is 9.53 Å². The molecular formula is C24H35F2N3O4. The van der Waals surface area contributed by atoms with Crippen LogP contribution < -0.4 is 15.0 Å². The minimum absolute atomic E-state index is 0.0488. The Hall–Kier alpha value is -2.45. The Morgan fingerprint density at radius 1 is 1.24 bits per heavy atom. The third-order valence-electron chi connectivity index (χ3n) is 5.33. The molecule has 1 aliphatic heterocycles. The Bertz CT molecular complexity index is 858. The van der Waals surface area contributed by atoms with Crippen LogP contribution in [0.1, 0.15) is 70.8 Å². The van der Waals surface area contributed by atoms with Crippen molar-refractivity contribution in [2.45, 2.75) is 77.9 Å². The fourth-order valence-electron chi connectivity index (χ4n) is 3.68. The van der Waals surface area contributed by atoms with Gasteiger partial charge in [0, 0.05) is 6.04 Å². The number of ether oxygens (including phenoxy) is 2. The molecule has 1 amide bonds. The molecule has 1 aliphatic carbocycles. The fourth-order valence-corrected chi connectivity index (χ4v) is 3.68. The molecule has 184 valence electrons. The molecule has 0 radical (unpaired) electrons. The molecule has 3 rings (SSSR count). The zero-order chi connectivity index (χ0) is 24.4. The Morgan fingerprint density at radius 2 is 1.91 bits per heavy atom. The molecule has 2 fully saturated rings. The lowest BCUT2D eigenvalue weighted by Gasteiger charge is -2.40. The first-order valence-corrected chi connectivity index (χ1v) is 11.6. The summed E-state index contributed by atoms with van der Waals surface area (Å²) in [5.41, 5.74) is -0.0251. The number of amides is 1. The number of hydrogen-bond donors (Lipinski definition) is 1. The van der Waals surface area contributed by atoms with Crippen LogP contribution in [0, 0.1) is 11.8 Å². The zero-order valence-electron chi connectivity index (χ0n) is 20.1. The Balaban J connectivity index is 1.71. The smallest absolute Gasteiger partial charge is 0.308 e. The van der Waals surface area contributed by atoms with Gasteiger partial charge in [0.05, 0.1) is 26.1 Å². The third kappa shape index (κ3) is 7.82. The molecular weight excluding hydrogens is 432 g/mol. The second kappa shape index (κ2) is 9.81. The number of carbonyl (C=O) groups is 2. The van der Waals surface area contributed by atoms with Crippen LogP contribution in [-0.4, -0.2) is 54.1 Å². The second-order valence-electron chi connectivity index (χ2n) is 10.6. The summed E-state index contributed by atoms with van der Waals surface area (Å²) in [5.74, 6) is -2.67. The Morgan fingerprint density at radius 3 is 2.45 bits per heavy atom. The van der Waals surface area contributed by atoms with Gasteiger partial charge in [-0.3, -0.25) is 9.59 Å². The summed E-state index contributed by atoms with van der Waals surface area (Å²) in [6.07, 6.45) is 2.78. The fraction of sp³-hybridized carbons (Fsp3) is 0.708. The summed E-state index contributed by atoms with van der Waals surface area (Å²) in [7, 11) is 0. The number of anilines is 1. The van der Waals surface area contributed by atoms with Gasteiger partial charge in [-0.05, 0) is 64.0 Å². The van der Waals surface area contributed by atoms with Crippen molar-refractivity contribution in [2.75, 3.05) is 24.6 Å². The first-order valence-electron chi connectivity index (χ1n) is 11.6. The van der Waals surface area contributed by atoms with Crippen LogP contribution in [0.5, 0.6) is 5.88 Å². The van der Waals surface area contributed by atoms with Crippen molar-refractivity contribution >= 4 is 17.6 Å². The molecule has 1 atom stereocenters. The highest BCUT2D eigenvalue weighted by atomic mass is 19.3. The van der Waals surface area contributed by atoms with Crippen LogP contribution in [0.25, 0.3) is 0 Å². The molecule has 1 aromatic rings. The van der Waals surface area contributed by atoms with Crippen LogP contribution >= 0.6 is 0 Å². The monoisotopic (exact) mass is 467 g/mol. The SMILES string of the molecule is CC(C)CC(CC(=O)OC(C)(C)C)NC(=O)c1ccc(N2CC(F)(F)C2)c(OCC2CC2)n1. The van der Waals surface area contributed by atoms with E-state index in [0.29, 0.717) is 24.6 Å². The lowest BCUT2D eigenvalue weighted by molar-refractivity contribution is -0.155. The highest BCUT2D eigenvalue weighted by Gasteiger charge is 2.45. The van der Waals surface area contributed by atoms with Gasteiger partial charge in [-0.25, -0.2) is 13.8 Å². The predicted molar refractivity (Wildman–Crippen MR) is 121 cm³/mol. The number of nitrogens with one attached hydrogen (secondary N) is 1. The molecule has 2 aliphatic rings. The van der Waals surface area contributed by atoms with Crippen molar-refractivity contribution in [3.63, 3.8) is 0 Å². The second-order valence-corrected chi connectivity index (χ2v) is 10.6. The van der Waals surface area contributed by atoms with Gasteiger partial charge < -0.3 is 19.7 Å². The standard InChI is InChI=1S/C24H35F2N3O4/c1-15(2)10-17(11-20(30)33-23(3,4)5)27-21(31)18-8-9-19(29-13-24(25,26)14-29)22(28-18)32-12-16-6-7-16/h8-9,15-17H,6-7,10-14H2,1-5H3,(H,27,31). The Labute approximate surface area is 194 Å². The zero-order valence-corrected chi connectivity index (χ0v) is 20.1. The first kappa shape index (κ1) is 25.2. The van der Waals surface area contributed by atoms with E-state index in [4.69, 9.17) is 9.47 Å². The van der Waals surface area contributed by atoms with Crippen LogP contribution in [0.4, 0.5) is 14.5 Å². The topological polar surface area (TPSA) is 80.8 Å². The average molecular weight is 468 g/mol. The Kier molecular flexibility index (Phi) is 7.49. The number of nitrogens with zero attached hydrogens (tertiary/aromatic N) is 2. The molecule has 1 N–H and O–H groups in total. The molecule has 1 aromatic heterocycles. The maximum atomic E-state index is 13.4. The molecule has 2 heterocycles. The lowest BCUT2D eigenvalue weighted by atomic mass is 10.0. The summed E-state index contributed by atoms with van der Waals surface area (Å²) in [6, 6.07) is 2.69. The summed E-state index contributed by atoms with van der Waals surface area (Å²) < 4.78 is 38.0. The van der Waals surface area contributed by atoms with Crippen LogP contribution in [0.2, 0.25) is 0 Å². The quantitative estimate of drug-likeness (QED) is 0.520. The van der Waals surface area contributed by atoms with Gasteiger partial charge in [0.25, 0.3) is 11.8 Å². The molecule has 33 heavy (non-hydrogen) atoms. The van der Waals surface area contributed by atoms with Crippen molar-refractivity contribution in [1.29, 1.82) is 0 Å². The maximum Gasteiger partial charge on any atom is 0.308 e. The number of rotatable bonds is 10. The lowest BCUT2D eigenvalue weighted by Crippen LogP contribution is -2.56. The van der Waals surface area contributed by atoms with Crippen LogP contribution in [0.3, 0.4) is 0 Å². The van der Waals surface area contributed by atoms with E-state index in [1.165, 1.54) is 11.0 Å². The molecule has 9 heteroatoms. The van der Waals surface area contributed by atoms with Gasteiger partial charge in [-0.2, -0.15) is 0 Å². The van der Waals surface area contributed by atoms with Crippen molar-refractivity contribution in [2.24, 2.45) is 11.8 Å². The van der Waals surface area contributed by atoms with E-state index in [1.54, 1.807) is 26.8 Å². The van der Waals surface area contributed by atoms with Crippen molar-refractivity contribution in [3.8, 4) is 5.88 Å². The summed E-state index contributed by atoms with van der Waals surface area (Å²) in [5, 5.41) is 2.88.